The molecule has 5 nitrogen and oxygen atoms in total. The second-order valence-corrected chi connectivity index (χ2v) is 5.73. The van der Waals surface area contributed by atoms with Crippen LogP contribution in [-0.4, -0.2) is 17.7 Å². The lowest BCUT2D eigenvalue weighted by molar-refractivity contribution is -0.116. The molecule has 21 heavy (non-hydrogen) atoms. The predicted octanol–water partition coefficient (Wildman–Crippen LogP) is 4.20. The highest BCUT2D eigenvalue weighted by molar-refractivity contribution is 9.10. The van der Waals surface area contributed by atoms with Crippen molar-refractivity contribution in [1.29, 1.82) is 0 Å². The molecule has 1 heterocycles. The molecule has 0 saturated heterocycles. The van der Waals surface area contributed by atoms with Crippen molar-refractivity contribution in [1.82, 2.24) is 5.16 Å². The van der Waals surface area contributed by atoms with Crippen LogP contribution in [0.25, 0.3) is 0 Å². The zero-order chi connectivity index (χ0) is 15.2. The standard InChI is InChI=1S/C14H14BrClN2O3/c1-9-7-14(21-18-9)17-13(19)3-2-6-20-12-5-4-10(15)8-11(12)16/h4-5,7-8H,2-3,6H2,1H3,(H,17,19). The Kier molecular flexibility index (Phi) is 5.64. The van der Waals surface area contributed by atoms with Crippen LogP contribution in [0.1, 0.15) is 18.5 Å². The van der Waals surface area contributed by atoms with Gasteiger partial charge in [-0.25, -0.2) is 0 Å². The Balaban J connectivity index is 1.70. The van der Waals surface area contributed by atoms with Gasteiger partial charge in [0.2, 0.25) is 11.8 Å². The summed E-state index contributed by atoms with van der Waals surface area (Å²) < 4.78 is 11.3. The van der Waals surface area contributed by atoms with Gasteiger partial charge in [0, 0.05) is 17.0 Å². The maximum Gasteiger partial charge on any atom is 0.231 e. The minimum atomic E-state index is -0.142. The van der Waals surface area contributed by atoms with E-state index in [1.165, 1.54) is 0 Å². The molecular formula is C14H14BrClN2O3. The molecule has 1 N–H and O–H groups in total. The molecule has 0 aliphatic heterocycles. The molecular weight excluding hydrogens is 360 g/mol. The van der Waals surface area contributed by atoms with Gasteiger partial charge < -0.3 is 9.26 Å². The summed E-state index contributed by atoms with van der Waals surface area (Å²) in [5.74, 6) is 0.817. The van der Waals surface area contributed by atoms with Crippen LogP contribution in [-0.2, 0) is 4.79 Å². The summed E-state index contributed by atoms with van der Waals surface area (Å²) in [6.07, 6.45) is 0.902. The van der Waals surface area contributed by atoms with E-state index < -0.39 is 0 Å². The van der Waals surface area contributed by atoms with E-state index in [2.05, 4.69) is 26.4 Å². The molecule has 0 bridgehead atoms. The van der Waals surface area contributed by atoms with Gasteiger partial charge in [-0.05, 0) is 31.5 Å². The van der Waals surface area contributed by atoms with E-state index in [0.717, 1.165) is 10.2 Å². The third-order valence-electron chi connectivity index (χ3n) is 2.59. The first-order valence-corrected chi connectivity index (χ1v) is 7.53. The van der Waals surface area contributed by atoms with Gasteiger partial charge in [-0.3, -0.25) is 10.1 Å². The Morgan fingerprint density at radius 1 is 1.48 bits per heavy atom. The van der Waals surface area contributed by atoms with E-state index in [4.69, 9.17) is 20.9 Å². The molecule has 0 spiro atoms. The van der Waals surface area contributed by atoms with Crippen molar-refractivity contribution < 1.29 is 14.1 Å². The van der Waals surface area contributed by atoms with Crippen LogP contribution < -0.4 is 10.1 Å². The van der Waals surface area contributed by atoms with Crippen LogP contribution in [0.15, 0.2) is 33.3 Å². The highest BCUT2D eigenvalue weighted by Crippen LogP contribution is 2.27. The molecule has 0 aliphatic rings. The number of benzene rings is 1. The number of hydrogen-bond acceptors (Lipinski definition) is 4. The minimum absolute atomic E-state index is 0.142. The first kappa shape index (κ1) is 15.9. The van der Waals surface area contributed by atoms with Crippen molar-refractivity contribution in [3.63, 3.8) is 0 Å². The number of nitrogens with one attached hydrogen (secondary N) is 1. The van der Waals surface area contributed by atoms with E-state index in [0.29, 0.717) is 36.1 Å². The number of aryl methyl sites for hydroxylation is 1. The summed E-state index contributed by atoms with van der Waals surface area (Å²) in [4.78, 5) is 11.7. The highest BCUT2D eigenvalue weighted by atomic mass is 79.9. The van der Waals surface area contributed by atoms with E-state index in [1.54, 1.807) is 25.1 Å². The molecule has 112 valence electrons. The second kappa shape index (κ2) is 7.47. The van der Waals surface area contributed by atoms with Gasteiger partial charge in [-0.2, -0.15) is 0 Å². The van der Waals surface area contributed by atoms with Crippen molar-refractivity contribution in [2.75, 3.05) is 11.9 Å². The molecule has 0 atom stereocenters. The Hall–Kier alpha value is -1.53. The number of nitrogens with zero attached hydrogens (tertiary/aromatic N) is 1. The molecule has 1 aromatic carbocycles. The van der Waals surface area contributed by atoms with Crippen LogP contribution in [0.3, 0.4) is 0 Å². The van der Waals surface area contributed by atoms with E-state index in [9.17, 15) is 4.79 Å². The summed E-state index contributed by atoms with van der Waals surface area (Å²) in [5, 5.41) is 6.85. The van der Waals surface area contributed by atoms with Crippen molar-refractivity contribution in [3.05, 3.63) is 39.5 Å². The maximum atomic E-state index is 11.7. The Morgan fingerprint density at radius 2 is 2.29 bits per heavy atom. The first-order valence-electron chi connectivity index (χ1n) is 6.35. The second-order valence-electron chi connectivity index (χ2n) is 4.41. The number of hydrogen-bond donors (Lipinski definition) is 1. The van der Waals surface area contributed by atoms with Gasteiger partial charge in [-0.15, -0.1) is 0 Å². The number of carbonyl (C=O) groups excluding carboxylic acids is 1. The average Bonchev–Trinajstić information content (AvgIpc) is 2.82. The molecule has 2 rings (SSSR count). The quantitative estimate of drug-likeness (QED) is 0.771. The van der Waals surface area contributed by atoms with Crippen LogP contribution >= 0.6 is 27.5 Å². The third-order valence-corrected chi connectivity index (χ3v) is 3.38. The van der Waals surface area contributed by atoms with Crippen LogP contribution in [0.4, 0.5) is 5.88 Å². The van der Waals surface area contributed by atoms with E-state index in [1.807, 2.05) is 6.07 Å². The number of carbonyl (C=O) groups is 1. The molecule has 0 radical (unpaired) electrons. The van der Waals surface area contributed by atoms with Gasteiger partial charge in [0.25, 0.3) is 0 Å². The average molecular weight is 374 g/mol. The lowest BCUT2D eigenvalue weighted by atomic mass is 10.3. The third kappa shape index (κ3) is 5.06. The highest BCUT2D eigenvalue weighted by Gasteiger charge is 2.07. The number of ether oxygens (including phenoxy) is 1. The number of rotatable bonds is 6. The van der Waals surface area contributed by atoms with Gasteiger partial charge in [0.1, 0.15) is 5.75 Å². The van der Waals surface area contributed by atoms with Crippen LogP contribution in [0, 0.1) is 6.92 Å². The van der Waals surface area contributed by atoms with E-state index >= 15 is 0 Å². The number of halogens is 2. The molecule has 0 unspecified atom stereocenters. The summed E-state index contributed by atoms with van der Waals surface area (Å²) >= 11 is 9.35. The van der Waals surface area contributed by atoms with Crippen LogP contribution in [0.5, 0.6) is 5.75 Å². The Bertz CT molecular complexity index is 630. The fourth-order valence-electron chi connectivity index (χ4n) is 1.63. The van der Waals surface area contributed by atoms with Crippen molar-refractivity contribution in [2.45, 2.75) is 19.8 Å². The van der Waals surface area contributed by atoms with E-state index in [-0.39, 0.29) is 5.91 Å². The zero-order valence-corrected chi connectivity index (χ0v) is 13.7. The lowest BCUT2D eigenvalue weighted by Crippen LogP contribution is -2.12. The SMILES string of the molecule is Cc1cc(NC(=O)CCCOc2ccc(Br)cc2Cl)on1. The number of aromatic nitrogens is 1. The fourth-order valence-corrected chi connectivity index (χ4v) is 2.36. The lowest BCUT2D eigenvalue weighted by Gasteiger charge is -2.08. The van der Waals surface area contributed by atoms with Crippen molar-refractivity contribution in [2.24, 2.45) is 0 Å². The fraction of sp³-hybridized carbons (Fsp3) is 0.286. The molecule has 0 fully saturated rings. The van der Waals surface area contributed by atoms with Crippen molar-refractivity contribution in [3.8, 4) is 5.75 Å². The molecule has 1 amide bonds. The molecule has 2 aromatic rings. The smallest absolute Gasteiger partial charge is 0.231 e. The molecule has 1 aromatic heterocycles. The molecule has 0 aliphatic carbocycles. The van der Waals surface area contributed by atoms with Gasteiger partial charge in [-0.1, -0.05) is 32.7 Å². The van der Waals surface area contributed by atoms with Gasteiger partial charge >= 0.3 is 0 Å². The maximum absolute atomic E-state index is 11.7. The summed E-state index contributed by atoms with van der Waals surface area (Å²) in [5.41, 5.74) is 0.721. The monoisotopic (exact) mass is 372 g/mol. The minimum Gasteiger partial charge on any atom is -0.492 e. The molecule has 7 heteroatoms. The zero-order valence-electron chi connectivity index (χ0n) is 11.4. The Morgan fingerprint density at radius 3 is 2.95 bits per heavy atom. The first-order chi connectivity index (χ1) is 10.0. The van der Waals surface area contributed by atoms with Crippen molar-refractivity contribution >= 4 is 39.3 Å². The number of anilines is 1. The van der Waals surface area contributed by atoms with Crippen LogP contribution in [0.2, 0.25) is 5.02 Å². The number of amides is 1. The van der Waals surface area contributed by atoms with Gasteiger partial charge in [0.05, 0.1) is 17.3 Å². The Labute approximate surface area is 135 Å². The van der Waals surface area contributed by atoms with Gasteiger partial charge in [0.15, 0.2) is 0 Å². The normalized spacial score (nSPS) is 10.4. The topological polar surface area (TPSA) is 64.4 Å². The predicted molar refractivity (Wildman–Crippen MR) is 83.8 cm³/mol. The summed E-state index contributed by atoms with van der Waals surface area (Å²) in [6, 6.07) is 7.05. The largest absolute Gasteiger partial charge is 0.492 e. The molecule has 0 saturated carbocycles. The summed E-state index contributed by atoms with van der Waals surface area (Å²) in [7, 11) is 0. The summed E-state index contributed by atoms with van der Waals surface area (Å²) in [6.45, 7) is 2.19.